The first kappa shape index (κ1) is 10.2. The van der Waals surface area contributed by atoms with E-state index >= 15 is 0 Å². The fourth-order valence-electron chi connectivity index (χ4n) is 5.61. The molecule has 2 unspecified atom stereocenters. The molecule has 0 aliphatic heterocycles. The van der Waals surface area contributed by atoms with Crippen molar-refractivity contribution in [3.05, 3.63) is 6.42 Å². The van der Waals surface area contributed by atoms with Crippen molar-refractivity contribution >= 4 is 0 Å². The molecule has 0 nitrogen and oxygen atoms in total. The van der Waals surface area contributed by atoms with Crippen molar-refractivity contribution < 1.29 is 0 Å². The minimum absolute atomic E-state index is 0.810. The van der Waals surface area contributed by atoms with Crippen LogP contribution in [0.25, 0.3) is 0 Å². The quantitative estimate of drug-likeness (QED) is 0.638. The second kappa shape index (κ2) is 3.50. The van der Waals surface area contributed by atoms with Crippen LogP contribution in [0, 0.1) is 35.5 Å². The first-order valence-electron chi connectivity index (χ1n) is 7.06. The summed E-state index contributed by atoms with van der Waals surface area (Å²) in [4.78, 5) is 0. The zero-order valence-corrected chi connectivity index (χ0v) is 10.3. The molecule has 4 aliphatic carbocycles. The van der Waals surface area contributed by atoms with Crippen molar-refractivity contribution in [3.8, 4) is 0 Å². The van der Waals surface area contributed by atoms with E-state index in [0.717, 1.165) is 29.1 Å². The summed E-state index contributed by atoms with van der Waals surface area (Å²) in [5.74, 6) is 4.26. The second-order valence-corrected chi connectivity index (χ2v) is 6.63. The summed E-state index contributed by atoms with van der Waals surface area (Å²) in [6.07, 6.45) is 13.3. The summed E-state index contributed by atoms with van der Waals surface area (Å²) in [5, 5.41) is 0. The Morgan fingerprint density at radius 3 is 2.33 bits per heavy atom. The van der Waals surface area contributed by atoms with E-state index in [9.17, 15) is 0 Å². The molecule has 4 bridgehead atoms. The fourth-order valence-corrected chi connectivity index (χ4v) is 5.61. The van der Waals surface area contributed by atoms with Crippen LogP contribution in [0.15, 0.2) is 0 Å². The predicted molar refractivity (Wildman–Crippen MR) is 64.4 cm³/mol. The molecule has 0 aromatic heterocycles. The smallest absolute Gasteiger partial charge is 0.0289 e. The average Bonchev–Trinajstić information content (AvgIpc) is 2.16. The van der Waals surface area contributed by atoms with Gasteiger partial charge in [0, 0.05) is 0 Å². The minimum atomic E-state index is 0.810. The molecule has 0 saturated heterocycles. The molecule has 0 amide bonds. The van der Waals surface area contributed by atoms with Crippen LogP contribution >= 0.6 is 0 Å². The molecule has 4 saturated carbocycles. The third kappa shape index (κ3) is 1.47. The highest BCUT2D eigenvalue weighted by molar-refractivity contribution is 5.06. The Morgan fingerprint density at radius 2 is 1.80 bits per heavy atom. The van der Waals surface area contributed by atoms with Crippen LogP contribution in [0.4, 0.5) is 0 Å². The Bertz CT molecular complexity index is 226. The second-order valence-electron chi connectivity index (χ2n) is 6.63. The van der Waals surface area contributed by atoms with Crippen molar-refractivity contribution in [1.29, 1.82) is 0 Å². The minimum Gasteiger partial charge on any atom is -0.0654 e. The highest BCUT2D eigenvalue weighted by Crippen LogP contribution is 2.64. The van der Waals surface area contributed by atoms with E-state index in [4.69, 9.17) is 0 Å². The van der Waals surface area contributed by atoms with Gasteiger partial charge in [-0.1, -0.05) is 20.3 Å². The van der Waals surface area contributed by atoms with Gasteiger partial charge in [0.05, 0.1) is 0 Å². The Kier molecular flexibility index (Phi) is 2.37. The van der Waals surface area contributed by atoms with E-state index in [2.05, 4.69) is 20.3 Å². The standard InChI is InChI=1S/C15H25/c1-3-5-15-8-11-6-12(9-15)14(4-2)13(7-11)10-15/h4,11-14H,3,5-10H2,1-2H3. The molecule has 2 atom stereocenters. The molecule has 0 aromatic rings. The van der Waals surface area contributed by atoms with Crippen LogP contribution in [0.2, 0.25) is 0 Å². The van der Waals surface area contributed by atoms with Gasteiger partial charge in [-0.3, -0.25) is 0 Å². The lowest BCUT2D eigenvalue weighted by atomic mass is 9.45. The lowest BCUT2D eigenvalue weighted by molar-refractivity contribution is -0.0886. The molecule has 85 valence electrons. The predicted octanol–water partition coefficient (Wildman–Crippen LogP) is 4.45. The molecule has 0 spiro atoms. The molecular formula is C15H25. The van der Waals surface area contributed by atoms with Crippen molar-refractivity contribution in [2.75, 3.05) is 0 Å². The molecule has 4 aliphatic rings. The third-order valence-electron chi connectivity index (χ3n) is 5.64. The van der Waals surface area contributed by atoms with Crippen LogP contribution in [-0.2, 0) is 0 Å². The molecule has 0 heteroatoms. The SMILES string of the molecule is C[CH]C1C2CC3CC1CC(CCC)(C3)C2. The lowest BCUT2D eigenvalue weighted by Crippen LogP contribution is -2.50. The first-order chi connectivity index (χ1) is 7.26. The van der Waals surface area contributed by atoms with Gasteiger partial charge < -0.3 is 0 Å². The number of hydrogen-bond donors (Lipinski definition) is 0. The monoisotopic (exact) mass is 205 g/mol. The Balaban J connectivity index is 1.83. The van der Waals surface area contributed by atoms with Gasteiger partial charge in [-0.25, -0.2) is 0 Å². The highest BCUT2D eigenvalue weighted by Gasteiger charge is 2.53. The van der Waals surface area contributed by atoms with E-state index in [0.29, 0.717) is 0 Å². The molecule has 0 heterocycles. The molecule has 15 heavy (non-hydrogen) atoms. The maximum atomic E-state index is 2.53. The van der Waals surface area contributed by atoms with Crippen molar-refractivity contribution in [3.63, 3.8) is 0 Å². The van der Waals surface area contributed by atoms with E-state index in [1.54, 1.807) is 32.1 Å². The normalized spacial score (nSPS) is 52.4. The van der Waals surface area contributed by atoms with Gasteiger partial charge in [0.15, 0.2) is 0 Å². The van der Waals surface area contributed by atoms with E-state index in [1.807, 2.05) is 0 Å². The van der Waals surface area contributed by atoms with Crippen molar-refractivity contribution in [2.24, 2.45) is 29.1 Å². The summed E-state index contributed by atoms with van der Waals surface area (Å²) < 4.78 is 0. The zero-order valence-electron chi connectivity index (χ0n) is 10.3. The Labute approximate surface area is 94.8 Å². The summed E-state index contributed by atoms with van der Waals surface area (Å²) in [7, 11) is 0. The average molecular weight is 205 g/mol. The molecule has 0 aromatic carbocycles. The van der Waals surface area contributed by atoms with E-state index in [1.165, 1.54) is 12.8 Å². The summed E-state index contributed by atoms with van der Waals surface area (Å²) in [5.41, 5.74) is 0.810. The first-order valence-corrected chi connectivity index (χ1v) is 7.06. The van der Waals surface area contributed by atoms with E-state index in [-0.39, 0.29) is 0 Å². The Hall–Kier alpha value is 0. The van der Waals surface area contributed by atoms with Crippen LogP contribution in [0.1, 0.15) is 58.8 Å². The number of hydrogen-bond acceptors (Lipinski definition) is 0. The van der Waals surface area contributed by atoms with Crippen LogP contribution in [0.5, 0.6) is 0 Å². The van der Waals surface area contributed by atoms with Crippen LogP contribution in [-0.4, -0.2) is 0 Å². The Morgan fingerprint density at radius 1 is 1.13 bits per heavy atom. The van der Waals surface area contributed by atoms with Gasteiger partial charge in [-0.2, -0.15) is 0 Å². The van der Waals surface area contributed by atoms with E-state index < -0.39 is 0 Å². The van der Waals surface area contributed by atoms with Gasteiger partial charge in [0.2, 0.25) is 0 Å². The largest absolute Gasteiger partial charge is 0.0654 e. The zero-order chi connectivity index (χ0) is 10.5. The van der Waals surface area contributed by atoms with Gasteiger partial charge in [-0.05, 0) is 74.0 Å². The van der Waals surface area contributed by atoms with Gasteiger partial charge in [-0.15, -0.1) is 0 Å². The lowest BCUT2D eigenvalue weighted by Gasteiger charge is -2.60. The summed E-state index contributed by atoms with van der Waals surface area (Å²) in [6.45, 7) is 4.68. The summed E-state index contributed by atoms with van der Waals surface area (Å²) >= 11 is 0. The molecule has 0 N–H and O–H groups in total. The maximum absolute atomic E-state index is 2.53. The molecular weight excluding hydrogens is 180 g/mol. The van der Waals surface area contributed by atoms with Crippen molar-refractivity contribution in [1.82, 2.24) is 0 Å². The van der Waals surface area contributed by atoms with Crippen molar-refractivity contribution in [2.45, 2.75) is 58.8 Å². The topological polar surface area (TPSA) is 0 Å². The van der Waals surface area contributed by atoms with Gasteiger partial charge >= 0.3 is 0 Å². The van der Waals surface area contributed by atoms with Gasteiger partial charge in [0.1, 0.15) is 0 Å². The van der Waals surface area contributed by atoms with Crippen LogP contribution < -0.4 is 0 Å². The van der Waals surface area contributed by atoms with Crippen LogP contribution in [0.3, 0.4) is 0 Å². The molecule has 4 fully saturated rings. The van der Waals surface area contributed by atoms with Gasteiger partial charge in [0.25, 0.3) is 0 Å². The third-order valence-corrected chi connectivity index (χ3v) is 5.64. The highest BCUT2D eigenvalue weighted by atomic mass is 14.6. The molecule has 1 radical (unpaired) electrons. The number of rotatable bonds is 3. The summed E-state index contributed by atoms with van der Waals surface area (Å²) in [6, 6.07) is 0. The molecule has 4 rings (SSSR count). The fraction of sp³-hybridized carbons (Fsp3) is 0.933. The maximum Gasteiger partial charge on any atom is -0.0289 e.